The minimum absolute atomic E-state index is 0.0485. The van der Waals surface area contributed by atoms with Crippen molar-refractivity contribution in [1.82, 2.24) is 20.2 Å². The Kier molecular flexibility index (Phi) is 4.18. The Morgan fingerprint density at radius 3 is 2.87 bits per heavy atom. The summed E-state index contributed by atoms with van der Waals surface area (Å²) in [6, 6.07) is 0. The smallest absolute Gasteiger partial charge is 0.215 e. The minimum Gasteiger partial charge on any atom is -0.343 e. The molecule has 0 fully saturated rings. The molecule has 1 unspecified atom stereocenters. The van der Waals surface area contributed by atoms with Gasteiger partial charge in [-0.2, -0.15) is 4.98 Å². The molecule has 1 aromatic rings. The van der Waals surface area contributed by atoms with Crippen LogP contribution in [0.4, 0.5) is 0 Å². The number of sulfonamides is 1. The average molecular weight is 234 g/mol. The molecule has 0 bridgehead atoms. The van der Waals surface area contributed by atoms with Crippen LogP contribution < -0.4 is 10.0 Å². The van der Waals surface area contributed by atoms with E-state index in [9.17, 15) is 8.42 Å². The van der Waals surface area contributed by atoms with Gasteiger partial charge >= 0.3 is 0 Å². The maximum Gasteiger partial charge on any atom is 0.215 e. The Morgan fingerprint density at radius 2 is 2.33 bits per heavy atom. The maximum absolute atomic E-state index is 11.6. The monoisotopic (exact) mass is 234 g/mol. The largest absolute Gasteiger partial charge is 0.343 e. The zero-order valence-electron chi connectivity index (χ0n) is 8.60. The van der Waals surface area contributed by atoms with E-state index in [1.54, 1.807) is 14.0 Å². The van der Waals surface area contributed by atoms with Crippen molar-refractivity contribution < 1.29 is 12.9 Å². The third kappa shape index (κ3) is 3.57. The fraction of sp³-hybridized carbons (Fsp3) is 0.714. The van der Waals surface area contributed by atoms with Crippen LogP contribution in [0.3, 0.4) is 0 Å². The molecule has 1 rings (SSSR count). The van der Waals surface area contributed by atoms with Crippen molar-refractivity contribution >= 4 is 10.0 Å². The Morgan fingerprint density at radius 1 is 1.60 bits per heavy atom. The highest BCUT2D eigenvalue weighted by Gasteiger charge is 2.19. The van der Waals surface area contributed by atoms with Gasteiger partial charge in [0.05, 0.1) is 11.8 Å². The van der Waals surface area contributed by atoms with Gasteiger partial charge in [0.15, 0.2) is 5.82 Å². The first kappa shape index (κ1) is 12.1. The Labute approximate surface area is 88.3 Å². The predicted octanol–water partition coefficient (Wildman–Crippen LogP) is -0.903. The second-order valence-electron chi connectivity index (χ2n) is 3.08. The van der Waals surface area contributed by atoms with Crippen LogP contribution in [0.1, 0.15) is 12.7 Å². The summed E-state index contributed by atoms with van der Waals surface area (Å²) < 4.78 is 30.0. The number of hydrogen-bond donors (Lipinski definition) is 2. The molecule has 0 aliphatic rings. The quantitative estimate of drug-likeness (QED) is 0.662. The Bertz CT molecular complexity index is 375. The molecule has 7 nitrogen and oxygen atoms in total. The van der Waals surface area contributed by atoms with Gasteiger partial charge in [-0.25, -0.2) is 13.1 Å². The predicted molar refractivity (Wildman–Crippen MR) is 53.4 cm³/mol. The van der Waals surface area contributed by atoms with E-state index in [2.05, 4.69) is 24.7 Å². The number of nitrogens with one attached hydrogen (secondary N) is 2. The van der Waals surface area contributed by atoms with Crippen LogP contribution >= 0.6 is 0 Å². The van der Waals surface area contributed by atoms with Crippen LogP contribution in [0.25, 0.3) is 0 Å². The lowest BCUT2D eigenvalue weighted by molar-refractivity contribution is 0.409. The molecule has 0 amide bonds. The van der Waals surface area contributed by atoms with Crippen LogP contribution in [0.2, 0.25) is 0 Å². The van der Waals surface area contributed by atoms with Crippen LogP contribution in [0.5, 0.6) is 0 Å². The van der Waals surface area contributed by atoms with Gasteiger partial charge in [0.2, 0.25) is 16.4 Å². The van der Waals surface area contributed by atoms with Crippen molar-refractivity contribution in [2.24, 2.45) is 0 Å². The molecule has 0 saturated heterocycles. The maximum atomic E-state index is 11.6. The van der Waals surface area contributed by atoms with Crippen molar-refractivity contribution in [3.05, 3.63) is 12.2 Å². The summed E-state index contributed by atoms with van der Waals surface area (Å²) in [6.07, 6.45) is 1.15. The molecule has 8 heteroatoms. The molecule has 0 radical (unpaired) electrons. The number of rotatable bonds is 6. The molecule has 0 spiro atoms. The number of hydrogen-bond acceptors (Lipinski definition) is 6. The van der Waals surface area contributed by atoms with Crippen LogP contribution in [-0.4, -0.2) is 37.4 Å². The molecule has 0 saturated carbocycles. The molecule has 0 aromatic carbocycles. The van der Waals surface area contributed by atoms with Gasteiger partial charge in [-0.1, -0.05) is 5.16 Å². The topological polar surface area (TPSA) is 97.1 Å². The van der Waals surface area contributed by atoms with E-state index < -0.39 is 15.3 Å². The first-order valence-corrected chi connectivity index (χ1v) is 5.99. The number of aromatic nitrogens is 2. The summed E-state index contributed by atoms with van der Waals surface area (Å²) in [5.41, 5.74) is 0. The normalized spacial score (nSPS) is 14.0. The van der Waals surface area contributed by atoms with Crippen LogP contribution in [0, 0.1) is 0 Å². The SMILES string of the molecule is CNCC(C)S(=O)(=O)NCc1ncon1. The molecule has 0 aliphatic heterocycles. The number of nitrogens with zero attached hydrogens (tertiary/aromatic N) is 2. The van der Waals surface area contributed by atoms with E-state index in [1.807, 2.05) is 0 Å². The molecule has 86 valence electrons. The zero-order chi connectivity index (χ0) is 11.3. The van der Waals surface area contributed by atoms with E-state index in [4.69, 9.17) is 0 Å². The summed E-state index contributed by atoms with van der Waals surface area (Å²) in [5.74, 6) is 0.315. The minimum atomic E-state index is -3.33. The fourth-order valence-electron chi connectivity index (χ4n) is 0.975. The molecule has 1 aromatic heterocycles. The Balaban J connectivity index is 2.50. The molecular weight excluding hydrogens is 220 g/mol. The highest BCUT2D eigenvalue weighted by atomic mass is 32.2. The lowest BCUT2D eigenvalue weighted by atomic mass is 10.5. The summed E-state index contributed by atoms with van der Waals surface area (Å²) >= 11 is 0. The molecule has 2 N–H and O–H groups in total. The Hall–Kier alpha value is -0.990. The second kappa shape index (κ2) is 5.19. The van der Waals surface area contributed by atoms with Gasteiger partial charge in [0, 0.05) is 6.54 Å². The highest BCUT2D eigenvalue weighted by molar-refractivity contribution is 7.90. The zero-order valence-corrected chi connectivity index (χ0v) is 9.41. The summed E-state index contributed by atoms with van der Waals surface area (Å²) in [7, 11) is -1.63. The fourth-order valence-corrected chi connectivity index (χ4v) is 1.98. The molecule has 1 atom stereocenters. The first-order valence-electron chi connectivity index (χ1n) is 4.44. The van der Waals surface area contributed by atoms with E-state index in [-0.39, 0.29) is 6.54 Å². The van der Waals surface area contributed by atoms with Crippen molar-refractivity contribution in [2.75, 3.05) is 13.6 Å². The van der Waals surface area contributed by atoms with Gasteiger partial charge < -0.3 is 9.84 Å². The highest BCUT2D eigenvalue weighted by Crippen LogP contribution is 1.98. The first-order chi connectivity index (χ1) is 7.06. The van der Waals surface area contributed by atoms with Crippen molar-refractivity contribution in [1.29, 1.82) is 0 Å². The van der Waals surface area contributed by atoms with Gasteiger partial charge in [0.25, 0.3) is 0 Å². The van der Waals surface area contributed by atoms with E-state index in [0.717, 1.165) is 6.39 Å². The van der Waals surface area contributed by atoms with Crippen molar-refractivity contribution in [3.8, 4) is 0 Å². The van der Waals surface area contributed by atoms with E-state index >= 15 is 0 Å². The molecule has 0 aliphatic carbocycles. The summed E-state index contributed by atoms with van der Waals surface area (Å²) in [6.45, 7) is 2.06. The lowest BCUT2D eigenvalue weighted by Crippen LogP contribution is -2.37. The molecule has 1 heterocycles. The van der Waals surface area contributed by atoms with Gasteiger partial charge in [-0.15, -0.1) is 0 Å². The van der Waals surface area contributed by atoms with Gasteiger partial charge in [-0.05, 0) is 14.0 Å². The third-order valence-corrected chi connectivity index (χ3v) is 3.63. The van der Waals surface area contributed by atoms with E-state index in [1.165, 1.54) is 0 Å². The van der Waals surface area contributed by atoms with Gasteiger partial charge in [-0.3, -0.25) is 0 Å². The van der Waals surface area contributed by atoms with E-state index in [0.29, 0.717) is 12.4 Å². The standard InChI is InChI=1S/C7H14N4O3S/c1-6(3-8-2)15(12,13)10-4-7-9-5-14-11-7/h5-6,8,10H,3-4H2,1-2H3. The lowest BCUT2D eigenvalue weighted by Gasteiger charge is -2.11. The molecular formula is C7H14N4O3S. The van der Waals surface area contributed by atoms with Crippen molar-refractivity contribution in [3.63, 3.8) is 0 Å². The van der Waals surface area contributed by atoms with Crippen LogP contribution in [0.15, 0.2) is 10.9 Å². The third-order valence-electron chi connectivity index (χ3n) is 1.86. The van der Waals surface area contributed by atoms with Crippen LogP contribution in [-0.2, 0) is 16.6 Å². The molecule has 15 heavy (non-hydrogen) atoms. The van der Waals surface area contributed by atoms with Crippen molar-refractivity contribution in [2.45, 2.75) is 18.7 Å². The van der Waals surface area contributed by atoms with Gasteiger partial charge in [0.1, 0.15) is 0 Å². The summed E-state index contributed by atoms with van der Waals surface area (Å²) in [5, 5.41) is 5.79. The average Bonchev–Trinajstić information content (AvgIpc) is 2.68. The summed E-state index contributed by atoms with van der Waals surface area (Å²) in [4.78, 5) is 3.70. The second-order valence-corrected chi connectivity index (χ2v) is 5.27.